The van der Waals surface area contributed by atoms with Gasteiger partial charge in [0, 0.05) is 12.6 Å². The van der Waals surface area contributed by atoms with Gasteiger partial charge in [-0.25, -0.2) is 0 Å². The summed E-state index contributed by atoms with van der Waals surface area (Å²) in [6.07, 6.45) is 3.29. The van der Waals surface area contributed by atoms with Gasteiger partial charge in [-0.2, -0.15) is 0 Å². The zero-order valence-electron chi connectivity index (χ0n) is 12.6. The predicted octanol–water partition coefficient (Wildman–Crippen LogP) is 1.73. The second-order valence-electron chi connectivity index (χ2n) is 6.10. The van der Waals surface area contributed by atoms with Crippen LogP contribution in [0.15, 0.2) is 0 Å². The minimum absolute atomic E-state index is 0.222. The summed E-state index contributed by atoms with van der Waals surface area (Å²) in [5, 5.41) is 18.8. The van der Waals surface area contributed by atoms with Gasteiger partial charge in [0.05, 0.1) is 12.1 Å². The molecule has 0 radical (unpaired) electrons. The van der Waals surface area contributed by atoms with Crippen LogP contribution in [0.2, 0.25) is 0 Å². The Hall–Kier alpha value is -0.940. The van der Waals surface area contributed by atoms with Crippen molar-refractivity contribution in [3.8, 4) is 0 Å². The van der Waals surface area contributed by atoms with E-state index >= 15 is 0 Å². The van der Waals surface area contributed by atoms with E-state index in [9.17, 15) is 5.11 Å². The highest BCUT2D eigenvalue weighted by Gasteiger charge is 2.36. The maximum atomic E-state index is 10.3. The molecule has 1 aliphatic rings. The lowest BCUT2D eigenvalue weighted by Gasteiger charge is -2.33. The van der Waals surface area contributed by atoms with E-state index in [0.717, 1.165) is 50.5 Å². The van der Waals surface area contributed by atoms with Crippen LogP contribution < -0.4 is 0 Å². The Bertz CT molecular complexity index is 422. The monoisotopic (exact) mass is 266 g/mol. The number of aryl methyl sites for hydroxylation is 1. The van der Waals surface area contributed by atoms with Crippen molar-refractivity contribution in [2.45, 2.75) is 71.7 Å². The molecular weight excluding hydrogens is 240 g/mol. The minimum Gasteiger partial charge on any atom is -0.389 e. The third-order valence-electron chi connectivity index (χ3n) is 3.98. The van der Waals surface area contributed by atoms with Crippen LogP contribution in [0.3, 0.4) is 0 Å². The van der Waals surface area contributed by atoms with Crippen LogP contribution in [-0.2, 0) is 13.1 Å². The van der Waals surface area contributed by atoms with E-state index in [0.29, 0.717) is 0 Å². The summed E-state index contributed by atoms with van der Waals surface area (Å²) in [7, 11) is 0. The molecule has 108 valence electrons. The first-order valence-electron chi connectivity index (χ1n) is 7.28. The summed E-state index contributed by atoms with van der Waals surface area (Å²) in [5.74, 6) is 2.01. The molecule has 1 atom stereocenters. The zero-order valence-corrected chi connectivity index (χ0v) is 12.6. The molecular formula is C14H26N4O. The summed E-state index contributed by atoms with van der Waals surface area (Å²) < 4.78 is 2.19. The fourth-order valence-electron chi connectivity index (χ4n) is 3.05. The van der Waals surface area contributed by atoms with E-state index in [-0.39, 0.29) is 6.04 Å². The van der Waals surface area contributed by atoms with E-state index in [1.165, 1.54) is 0 Å². The summed E-state index contributed by atoms with van der Waals surface area (Å²) in [6, 6.07) is 0.222. The lowest BCUT2D eigenvalue weighted by atomic mass is 9.97. The molecule has 0 aromatic carbocycles. The Morgan fingerprint density at radius 2 is 2.11 bits per heavy atom. The first kappa shape index (κ1) is 14.5. The number of hydrogen-bond donors (Lipinski definition) is 1. The Labute approximate surface area is 115 Å². The third-order valence-corrected chi connectivity index (χ3v) is 3.98. The number of aliphatic hydroxyl groups is 1. The van der Waals surface area contributed by atoms with Crippen LogP contribution in [0.25, 0.3) is 0 Å². The van der Waals surface area contributed by atoms with Crippen molar-refractivity contribution in [2.24, 2.45) is 0 Å². The Kier molecular flexibility index (Phi) is 4.26. The fourth-order valence-corrected chi connectivity index (χ4v) is 3.05. The number of hydrogen-bond acceptors (Lipinski definition) is 4. The zero-order chi connectivity index (χ0) is 14.0. The topological polar surface area (TPSA) is 54.2 Å². The standard InChI is InChI=1S/C14H26N4O/c1-5-8-18-11(2)15-16-13(18)10-17-9-6-7-12(17)14(3,4)19/h12,19H,5-10H2,1-4H3. The van der Waals surface area contributed by atoms with Gasteiger partial charge in [-0.05, 0) is 46.6 Å². The summed E-state index contributed by atoms with van der Waals surface area (Å²) >= 11 is 0. The molecule has 2 rings (SSSR count). The van der Waals surface area contributed by atoms with Gasteiger partial charge in [-0.15, -0.1) is 10.2 Å². The smallest absolute Gasteiger partial charge is 0.147 e. The van der Waals surface area contributed by atoms with Gasteiger partial charge >= 0.3 is 0 Å². The van der Waals surface area contributed by atoms with Crippen LogP contribution in [0.1, 0.15) is 51.7 Å². The molecule has 1 unspecified atom stereocenters. The highest BCUT2D eigenvalue weighted by molar-refractivity contribution is 4.98. The molecule has 1 aromatic rings. The van der Waals surface area contributed by atoms with E-state index < -0.39 is 5.60 Å². The molecule has 0 spiro atoms. The number of likely N-dealkylation sites (tertiary alicyclic amines) is 1. The van der Waals surface area contributed by atoms with Crippen molar-refractivity contribution in [3.05, 3.63) is 11.6 Å². The van der Waals surface area contributed by atoms with Crippen molar-refractivity contribution >= 4 is 0 Å². The quantitative estimate of drug-likeness (QED) is 0.882. The first-order chi connectivity index (χ1) is 8.93. The van der Waals surface area contributed by atoms with Crippen LogP contribution in [-0.4, -0.2) is 43.0 Å². The van der Waals surface area contributed by atoms with Gasteiger partial charge in [-0.3, -0.25) is 4.90 Å². The van der Waals surface area contributed by atoms with Crippen molar-refractivity contribution in [3.63, 3.8) is 0 Å². The van der Waals surface area contributed by atoms with Crippen LogP contribution in [0.4, 0.5) is 0 Å². The Morgan fingerprint density at radius 3 is 2.74 bits per heavy atom. The Morgan fingerprint density at radius 1 is 1.37 bits per heavy atom. The number of nitrogens with zero attached hydrogens (tertiary/aromatic N) is 4. The molecule has 2 heterocycles. The van der Waals surface area contributed by atoms with Crippen LogP contribution in [0, 0.1) is 6.92 Å². The molecule has 1 aromatic heterocycles. The highest BCUT2D eigenvalue weighted by Crippen LogP contribution is 2.28. The number of aromatic nitrogens is 3. The second kappa shape index (κ2) is 5.59. The van der Waals surface area contributed by atoms with E-state index in [2.05, 4.69) is 26.6 Å². The average Bonchev–Trinajstić information content (AvgIpc) is 2.90. The lowest BCUT2D eigenvalue weighted by Crippen LogP contribution is -2.45. The molecule has 19 heavy (non-hydrogen) atoms. The van der Waals surface area contributed by atoms with Gasteiger partial charge in [0.25, 0.3) is 0 Å². The molecule has 1 fully saturated rings. The molecule has 0 aliphatic carbocycles. The fraction of sp³-hybridized carbons (Fsp3) is 0.857. The lowest BCUT2D eigenvalue weighted by molar-refractivity contribution is -0.00608. The molecule has 5 heteroatoms. The maximum Gasteiger partial charge on any atom is 0.147 e. The van der Waals surface area contributed by atoms with Gasteiger partial charge < -0.3 is 9.67 Å². The van der Waals surface area contributed by atoms with Crippen molar-refractivity contribution in [1.29, 1.82) is 0 Å². The third kappa shape index (κ3) is 3.15. The van der Waals surface area contributed by atoms with Crippen molar-refractivity contribution in [2.75, 3.05) is 6.54 Å². The number of rotatable bonds is 5. The molecule has 5 nitrogen and oxygen atoms in total. The first-order valence-corrected chi connectivity index (χ1v) is 7.28. The Balaban J connectivity index is 2.12. The summed E-state index contributed by atoms with van der Waals surface area (Å²) in [4.78, 5) is 2.34. The minimum atomic E-state index is -0.652. The van der Waals surface area contributed by atoms with Crippen LogP contribution in [0.5, 0.6) is 0 Å². The highest BCUT2D eigenvalue weighted by atomic mass is 16.3. The van der Waals surface area contributed by atoms with Gasteiger partial charge in [0.2, 0.25) is 0 Å². The normalized spacial score (nSPS) is 21.2. The SMILES string of the molecule is CCCn1c(C)nnc1CN1CCCC1C(C)(C)O. The van der Waals surface area contributed by atoms with E-state index in [4.69, 9.17) is 0 Å². The van der Waals surface area contributed by atoms with Gasteiger partial charge in [0.1, 0.15) is 11.6 Å². The van der Waals surface area contributed by atoms with Crippen LogP contribution >= 0.6 is 0 Å². The molecule has 1 saturated heterocycles. The summed E-state index contributed by atoms with van der Waals surface area (Å²) in [6.45, 7) is 10.8. The van der Waals surface area contributed by atoms with E-state index in [1.54, 1.807) is 0 Å². The van der Waals surface area contributed by atoms with E-state index in [1.807, 2.05) is 20.8 Å². The molecule has 0 saturated carbocycles. The van der Waals surface area contributed by atoms with Gasteiger partial charge in [0.15, 0.2) is 0 Å². The molecule has 0 bridgehead atoms. The average molecular weight is 266 g/mol. The van der Waals surface area contributed by atoms with Gasteiger partial charge in [-0.1, -0.05) is 6.92 Å². The maximum absolute atomic E-state index is 10.3. The second-order valence-corrected chi connectivity index (χ2v) is 6.10. The predicted molar refractivity (Wildman–Crippen MR) is 74.8 cm³/mol. The summed E-state index contributed by atoms with van der Waals surface area (Å²) in [5.41, 5.74) is -0.652. The molecule has 0 amide bonds. The molecule has 1 N–H and O–H groups in total. The molecule has 1 aliphatic heterocycles. The van der Waals surface area contributed by atoms with Crippen molar-refractivity contribution in [1.82, 2.24) is 19.7 Å². The van der Waals surface area contributed by atoms with Crippen molar-refractivity contribution < 1.29 is 5.11 Å². The largest absolute Gasteiger partial charge is 0.389 e.